The van der Waals surface area contributed by atoms with Gasteiger partial charge in [0.15, 0.2) is 5.65 Å². The summed E-state index contributed by atoms with van der Waals surface area (Å²) >= 11 is 0. The Kier molecular flexibility index (Phi) is 6.17. The molecule has 2 aromatic heterocycles. The highest BCUT2D eigenvalue weighted by Crippen LogP contribution is 2.31. The summed E-state index contributed by atoms with van der Waals surface area (Å²) in [5, 5.41) is 8.83. The molecule has 0 bridgehead atoms. The minimum atomic E-state index is 0. The fourth-order valence-corrected chi connectivity index (χ4v) is 4.56. The van der Waals surface area contributed by atoms with Gasteiger partial charge in [0.2, 0.25) is 0 Å². The number of likely N-dealkylation sites (tertiary alicyclic amines) is 1. The van der Waals surface area contributed by atoms with Crippen LogP contribution in [0.25, 0.3) is 22.3 Å². The van der Waals surface area contributed by atoms with Crippen LogP contribution in [0.15, 0.2) is 36.4 Å². The topological polar surface area (TPSA) is 63.1 Å². The predicted molar refractivity (Wildman–Crippen MR) is 119 cm³/mol. The molecule has 0 spiro atoms. The monoisotopic (exact) mass is 433 g/mol. The highest BCUT2D eigenvalue weighted by molar-refractivity contribution is 6.07. The number of hydrogen-bond donors (Lipinski definition) is 1. The number of nitrogens with one attached hydrogen (secondary N) is 1. The van der Waals surface area contributed by atoms with E-state index in [1.807, 2.05) is 55.3 Å². The van der Waals surface area contributed by atoms with Crippen LogP contribution in [0.4, 0.5) is 0 Å². The van der Waals surface area contributed by atoms with Gasteiger partial charge in [-0.15, -0.1) is 24.8 Å². The van der Waals surface area contributed by atoms with Gasteiger partial charge in [-0.2, -0.15) is 5.10 Å². The highest BCUT2D eigenvalue weighted by atomic mass is 35.5. The largest absolute Gasteiger partial charge is 0.338 e. The van der Waals surface area contributed by atoms with Gasteiger partial charge < -0.3 is 10.2 Å². The molecule has 29 heavy (non-hydrogen) atoms. The molecule has 0 radical (unpaired) electrons. The van der Waals surface area contributed by atoms with Crippen LogP contribution in [0.5, 0.6) is 0 Å². The summed E-state index contributed by atoms with van der Waals surface area (Å²) in [7, 11) is 1.89. The molecule has 5 rings (SSSR count). The van der Waals surface area contributed by atoms with E-state index < -0.39 is 0 Å². The first-order chi connectivity index (χ1) is 13.1. The Morgan fingerprint density at radius 2 is 1.76 bits per heavy atom. The molecule has 1 N–H and O–H groups in total. The van der Waals surface area contributed by atoms with Crippen LogP contribution in [0.2, 0.25) is 0 Å². The lowest BCUT2D eigenvalue weighted by atomic mass is 10.0. The van der Waals surface area contributed by atoms with Crippen molar-refractivity contribution in [2.75, 3.05) is 26.2 Å². The molecule has 2 saturated heterocycles. The predicted octanol–water partition coefficient (Wildman–Crippen LogP) is 3.08. The minimum absolute atomic E-state index is 0. The Balaban J connectivity index is 0.00000120. The second-order valence-electron chi connectivity index (χ2n) is 7.72. The van der Waals surface area contributed by atoms with Crippen LogP contribution in [0.1, 0.15) is 16.1 Å². The lowest BCUT2D eigenvalue weighted by molar-refractivity contribution is 0.0783. The van der Waals surface area contributed by atoms with Crippen molar-refractivity contribution < 1.29 is 4.79 Å². The Morgan fingerprint density at radius 1 is 1.10 bits per heavy atom. The zero-order chi connectivity index (χ0) is 18.5. The summed E-state index contributed by atoms with van der Waals surface area (Å²) in [6, 6.07) is 12.0. The molecule has 1 amide bonds. The van der Waals surface area contributed by atoms with Gasteiger partial charge in [0.1, 0.15) is 0 Å². The molecule has 6 nitrogen and oxygen atoms in total. The van der Waals surface area contributed by atoms with Crippen LogP contribution in [-0.2, 0) is 7.05 Å². The maximum Gasteiger partial charge on any atom is 0.254 e. The van der Waals surface area contributed by atoms with E-state index in [0.29, 0.717) is 11.8 Å². The Labute approximate surface area is 182 Å². The number of hydrogen-bond acceptors (Lipinski definition) is 4. The number of benzene rings is 1. The van der Waals surface area contributed by atoms with Crippen LogP contribution < -0.4 is 5.32 Å². The van der Waals surface area contributed by atoms with Crippen molar-refractivity contribution in [3.63, 3.8) is 0 Å². The maximum absolute atomic E-state index is 13.5. The summed E-state index contributed by atoms with van der Waals surface area (Å²) in [4.78, 5) is 20.3. The third kappa shape index (κ3) is 3.61. The number of aromatic nitrogens is 3. The van der Waals surface area contributed by atoms with Crippen molar-refractivity contribution in [2.45, 2.75) is 6.92 Å². The molecule has 1 aromatic carbocycles. The van der Waals surface area contributed by atoms with Gasteiger partial charge in [0.25, 0.3) is 5.91 Å². The summed E-state index contributed by atoms with van der Waals surface area (Å²) in [5.41, 5.74) is 4.16. The molecule has 2 aliphatic rings. The Bertz CT molecular complexity index is 1020. The van der Waals surface area contributed by atoms with E-state index in [4.69, 9.17) is 4.98 Å². The fraction of sp³-hybridized carbons (Fsp3) is 0.381. The van der Waals surface area contributed by atoms with Crippen molar-refractivity contribution in [1.82, 2.24) is 25.0 Å². The third-order valence-corrected chi connectivity index (χ3v) is 5.95. The summed E-state index contributed by atoms with van der Waals surface area (Å²) in [6.45, 7) is 5.65. The molecular formula is C21H25Cl2N5O. The normalized spacial score (nSPS) is 20.3. The number of fused-ring (bicyclic) bond motifs is 2. The lowest BCUT2D eigenvalue weighted by Gasteiger charge is -2.19. The van der Waals surface area contributed by atoms with E-state index in [0.717, 1.165) is 59.7 Å². The molecular weight excluding hydrogens is 409 g/mol. The average molecular weight is 434 g/mol. The molecule has 0 saturated carbocycles. The van der Waals surface area contributed by atoms with Gasteiger partial charge in [0.05, 0.1) is 22.3 Å². The van der Waals surface area contributed by atoms with E-state index in [9.17, 15) is 4.79 Å². The average Bonchev–Trinajstić information content (AvgIpc) is 3.35. The number of pyridine rings is 1. The molecule has 2 aliphatic heterocycles. The second kappa shape index (κ2) is 8.30. The molecule has 8 heteroatoms. The lowest BCUT2D eigenvalue weighted by Crippen LogP contribution is -2.32. The van der Waals surface area contributed by atoms with Crippen molar-refractivity contribution in [2.24, 2.45) is 18.9 Å². The smallest absolute Gasteiger partial charge is 0.254 e. The summed E-state index contributed by atoms with van der Waals surface area (Å²) in [5.74, 6) is 1.26. The third-order valence-electron chi connectivity index (χ3n) is 5.95. The summed E-state index contributed by atoms with van der Waals surface area (Å²) < 4.78 is 1.77. The molecule has 3 aromatic rings. The van der Waals surface area contributed by atoms with Gasteiger partial charge >= 0.3 is 0 Å². The number of rotatable bonds is 2. The van der Waals surface area contributed by atoms with Crippen molar-refractivity contribution in [3.05, 3.63) is 47.7 Å². The van der Waals surface area contributed by atoms with E-state index in [-0.39, 0.29) is 30.7 Å². The standard InChI is InChI=1S/C21H23N5O.2ClH/c1-13-19-17(21(27)26-11-15-9-22-10-16(15)12-26)8-18(14-6-4-3-5-7-14)23-20(19)25(2)24-13;;/h3-8,15-16,22H,9-12H2,1-2H3;2*1H/t15-,16+;;. The number of carbonyl (C=O) groups is 1. The van der Waals surface area contributed by atoms with Crippen LogP contribution in [0.3, 0.4) is 0 Å². The number of halogens is 2. The number of nitrogens with zero attached hydrogens (tertiary/aromatic N) is 4. The van der Waals surface area contributed by atoms with Gasteiger partial charge in [0, 0.05) is 38.8 Å². The van der Waals surface area contributed by atoms with Crippen molar-refractivity contribution >= 4 is 41.8 Å². The van der Waals surface area contributed by atoms with Crippen LogP contribution >= 0.6 is 24.8 Å². The van der Waals surface area contributed by atoms with E-state index in [1.54, 1.807) is 4.68 Å². The fourth-order valence-electron chi connectivity index (χ4n) is 4.56. The molecule has 4 heterocycles. The molecule has 2 atom stereocenters. The Morgan fingerprint density at radius 3 is 2.41 bits per heavy atom. The molecule has 154 valence electrons. The molecule has 0 unspecified atom stereocenters. The summed E-state index contributed by atoms with van der Waals surface area (Å²) in [6.07, 6.45) is 0. The first-order valence-corrected chi connectivity index (χ1v) is 9.51. The number of aryl methyl sites for hydroxylation is 2. The second-order valence-corrected chi connectivity index (χ2v) is 7.72. The quantitative estimate of drug-likeness (QED) is 0.674. The SMILES string of the molecule is Cc1nn(C)c2nc(-c3ccccc3)cc(C(=O)N3C[C@H]4CNC[C@H]4C3)c12.Cl.Cl. The van der Waals surface area contributed by atoms with E-state index in [2.05, 4.69) is 10.4 Å². The Hall–Kier alpha value is -2.15. The first-order valence-electron chi connectivity index (χ1n) is 9.51. The van der Waals surface area contributed by atoms with Gasteiger partial charge in [-0.3, -0.25) is 9.48 Å². The zero-order valence-electron chi connectivity index (χ0n) is 16.5. The maximum atomic E-state index is 13.5. The van der Waals surface area contributed by atoms with Crippen molar-refractivity contribution in [3.8, 4) is 11.3 Å². The highest BCUT2D eigenvalue weighted by Gasteiger charge is 2.39. The van der Waals surface area contributed by atoms with Crippen molar-refractivity contribution in [1.29, 1.82) is 0 Å². The number of amides is 1. The molecule has 2 fully saturated rings. The van der Waals surface area contributed by atoms with Gasteiger partial charge in [-0.1, -0.05) is 30.3 Å². The first kappa shape index (κ1) is 21.6. The van der Waals surface area contributed by atoms with Crippen LogP contribution in [0, 0.1) is 18.8 Å². The van der Waals surface area contributed by atoms with Gasteiger partial charge in [-0.05, 0) is 24.8 Å². The molecule has 0 aliphatic carbocycles. The minimum Gasteiger partial charge on any atom is -0.338 e. The van der Waals surface area contributed by atoms with Crippen LogP contribution in [-0.4, -0.2) is 51.8 Å². The number of carbonyl (C=O) groups excluding carboxylic acids is 1. The zero-order valence-corrected chi connectivity index (χ0v) is 18.1. The van der Waals surface area contributed by atoms with E-state index >= 15 is 0 Å². The van der Waals surface area contributed by atoms with Gasteiger partial charge in [-0.25, -0.2) is 4.98 Å². The van der Waals surface area contributed by atoms with E-state index in [1.165, 1.54) is 0 Å².